The van der Waals surface area contributed by atoms with Crippen molar-refractivity contribution < 1.29 is 31.8 Å². The van der Waals surface area contributed by atoms with Crippen LogP contribution in [-0.4, -0.2) is 36.3 Å². The molecular weight excluding hydrogens is 456 g/mol. The average Bonchev–Trinajstić information content (AvgIpc) is 2.69. The Morgan fingerprint density at radius 2 is 2.16 bits per heavy atom. The summed E-state index contributed by atoms with van der Waals surface area (Å²) in [4.78, 5) is 20.5. The summed E-state index contributed by atoms with van der Waals surface area (Å²) in [6, 6.07) is 3.19. The van der Waals surface area contributed by atoms with Crippen LogP contribution in [0.5, 0.6) is 5.75 Å². The average molecular weight is 475 g/mol. The van der Waals surface area contributed by atoms with E-state index in [1.165, 1.54) is 19.1 Å². The number of carbonyl (C=O) groups excluding carboxylic acids is 1. The molecular formula is C20H19ClF4N4O3. The Morgan fingerprint density at radius 3 is 2.75 bits per heavy atom. The zero-order valence-electron chi connectivity index (χ0n) is 17.0. The van der Waals surface area contributed by atoms with Crippen molar-refractivity contribution in [3.05, 3.63) is 52.1 Å². The second-order valence-electron chi connectivity index (χ2n) is 7.24. The number of nitrogens with one attached hydrogen (secondary N) is 1. The molecule has 3 rings (SSSR count). The highest BCUT2D eigenvalue weighted by atomic mass is 35.5. The van der Waals surface area contributed by atoms with E-state index in [1.807, 2.05) is 0 Å². The minimum atomic E-state index is -3.04. The molecule has 0 aliphatic carbocycles. The van der Waals surface area contributed by atoms with Gasteiger partial charge >= 0.3 is 6.61 Å². The first kappa shape index (κ1) is 23.6. The highest BCUT2D eigenvalue weighted by Gasteiger charge is 2.41. The predicted octanol–water partition coefficient (Wildman–Crippen LogP) is 4.32. The maximum Gasteiger partial charge on any atom is 0.387 e. The first-order valence-electron chi connectivity index (χ1n) is 9.35. The summed E-state index contributed by atoms with van der Waals surface area (Å²) in [6.07, 6.45) is 0.481. The summed E-state index contributed by atoms with van der Waals surface area (Å²) in [7, 11) is 0. The molecule has 2 atom stereocenters. The number of benzene rings is 1. The van der Waals surface area contributed by atoms with E-state index in [2.05, 4.69) is 20.0 Å². The monoisotopic (exact) mass is 474 g/mol. The highest BCUT2D eigenvalue weighted by Crippen LogP contribution is 2.41. The molecule has 1 amide bonds. The Bertz CT molecular complexity index is 1070. The lowest BCUT2D eigenvalue weighted by molar-refractivity contribution is -0.0501. The van der Waals surface area contributed by atoms with E-state index in [0.29, 0.717) is 0 Å². The lowest BCUT2D eigenvalue weighted by atomic mass is 9.85. The van der Waals surface area contributed by atoms with E-state index in [9.17, 15) is 22.4 Å². The van der Waals surface area contributed by atoms with Gasteiger partial charge in [0, 0.05) is 17.7 Å². The molecule has 0 fully saturated rings. The first-order valence-corrected chi connectivity index (χ1v) is 9.72. The second-order valence-corrected chi connectivity index (χ2v) is 7.61. The van der Waals surface area contributed by atoms with Crippen LogP contribution in [0.25, 0.3) is 0 Å². The van der Waals surface area contributed by atoms with Crippen molar-refractivity contribution in [2.24, 2.45) is 10.7 Å². The number of anilines is 1. The second kappa shape index (κ2) is 9.19. The summed E-state index contributed by atoms with van der Waals surface area (Å²) in [5.74, 6) is -1.88. The van der Waals surface area contributed by atoms with Crippen LogP contribution in [0.3, 0.4) is 0 Å². The molecule has 0 spiro atoms. The topological polar surface area (TPSA) is 98.8 Å². The molecule has 0 bridgehead atoms. The molecule has 32 heavy (non-hydrogen) atoms. The lowest BCUT2D eigenvalue weighted by Crippen LogP contribution is -2.41. The number of hydrogen-bond acceptors (Lipinski definition) is 6. The van der Waals surface area contributed by atoms with E-state index >= 15 is 0 Å². The number of aliphatic imine (C=N–C) groups is 1. The lowest BCUT2D eigenvalue weighted by Gasteiger charge is -2.35. The van der Waals surface area contributed by atoms with Crippen molar-refractivity contribution in [1.29, 1.82) is 0 Å². The van der Waals surface area contributed by atoms with Crippen LogP contribution >= 0.6 is 11.6 Å². The molecule has 172 valence electrons. The van der Waals surface area contributed by atoms with Gasteiger partial charge in [0.05, 0.1) is 11.2 Å². The maximum absolute atomic E-state index is 14.6. The maximum atomic E-state index is 14.6. The number of carbonyl (C=O) groups is 1. The van der Waals surface area contributed by atoms with Gasteiger partial charge in [0.2, 0.25) is 0 Å². The molecule has 1 aliphatic heterocycles. The first-order chi connectivity index (χ1) is 15.0. The summed E-state index contributed by atoms with van der Waals surface area (Å²) in [6.45, 7) is -0.964. The minimum absolute atomic E-state index is 0.0135. The Hall–Kier alpha value is -3.08. The Balaban J connectivity index is 1.94. The van der Waals surface area contributed by atoms with Gasteiger partial charge in [-0.15, -0.1) is 0 Å². The molecule has 7 nitrogen and oxygen atoms in total. The molecule has 12 heteroatoms. The minimum Gasteiger partial charge on any atom is -0.462 e. The van der Waals surface area contributed by atoms with Crippen LogP contribution < -0.4 is 15.8 Å². The number of halogens is 5. The molecule has 2 heterocycles. The van der Waals surface area contributed by atoms with Crippen molar-refractivity contribution in [3.8, 4) is 5.75 Å². The third kappa shape index (κ3) is 4.87. The third-order valence-electron chi connectivity index (χ3n) is 4.77. The number of alkyl halides is 3. The van der Waals surface area contributed by atoms with Crippen LogP contribution in [0.15, 0.2) is 29.4 Å². The Kier molecular flexibility index (Phi) is 6.77. The molecule has 2 aromatic rings. The number of amides is 1. The fourth-order valence-corrected chi connectivity index (χ4v) is 3.76. The van der Waals surface area contributed by atoms with Crippen molar-refractivity contribution in [2.45, 2.75) is 38.5 Å². The molecule has 1 aromatic heterocycles. The van der Waals surface area contributed by atoms with Gasteiger partial charge in [-0.2, -0.15) is 8.78 Å². The zero-order valence-corrected chi connectivity index (χ0v) is 17.7. The largest absolute Gasteiger partial charge is 0.462 e. The number of rotatable bonds is 6. The SMILES string of the molecule is Cc1cc(OC(F)F)cnc1C(=O)Nc1cc(F)c(Cl)c([C@@]2(CF)C[C@@H](C)OC(N)=N2)c1. The van der Waals surface area contributed by atoms with E-state index in [0.717, 1.165) is 12.3 Å². The number of aromatic nitrogens is 1. The summed E-state index contributed by atoms with van der Waals surface area (Å²) < 4.78 is 62.9. The number of hydrogen-bond donors (Lipinski definition) is 2. The van der Waals surface area contributed by atoms with Gasteiger partial charge in [-0.1, -0.05) is 11.6 Å². The predicted molar refractivity (Wildman–Crippen MR) is 109 cm³/mol. The number of ether oxygens (including phenoxy) is 2. The number of amidine groups is 1. The fourth-order valence-electron chi connectivity index (χ4n) is 3.48. The molecule has 3 N–H and O–H groups in total. The molecule has 0 saturated heterocycles. The standard InChI is InChI=1S/C20H19ClF4N4O3/c1-9-3-12(32-18(24)25)7-27-16(9)17(30)28-11-4-13(15(21)14(23)5-11)20(8-22)6-10(2)31-19(26)29-20/h3-5,7,10,18H,6,8H2,1-2H3,(H2,26,29)(H,28,30)/t10-,20+/m1/s1. The van der Waals surface area contributed by atoms with E-state index < -0.39 is 36.7 Å². The summed E-state index contributed by atoms with van der Waals surface area (Å²) >= 11 is 6.11. The van der Waals surface area contributed by atoms with Crippen molar-refractivity contribution in [3.63, 3.8) is 0 Å². The third-order valence-corrected chi connectivity index (χ3v) is 5.16. The number of pyridine rings is 1. The van der Waals surface area contributed by atoms with Gasteiger partial charge in [-0.05, 0) is 37.6 Å². The molecule has 1 aliphatic rings. The number of aryl methyl sites for hydroxylation is 1. The van der Waals surface area contributed by atoms with Gasteiger partial charge in [-0.3, -0.25) is 4.79 Å². The molecule has 1 aromatic carbocycles. The van der Waals surface area contributed by atoms with Crippen LogP contribution in [0.2, 0.25) is 5.02 Å². The van der Waals surface area contributed by atoms with E-state index in [1.54, 1.807) is 6.92 Å². The van der Waals surface area contributed by atoms with Crippen LogP contribution in [0.1, 0.15) is 35.0 Å². The van der Waals surface area contributed by atoms with Gasteiger partial charge in [-0.25, -0.2) is 18.8 Å². The summed E-state index contributed by atoms with van der Waals surface area (Å²) in [5.41, 5.74) is 4.13. The normalized spacial score (nSPS) is 20.5. The Morgan fingerprint density at radius 1 is 1.44 bits per heavy atom. The van der Waals surface area contributed by atoms with Crippen molar-refractivity contribution in [2.75, 3.05) is 12.0 Å². The summed E-state index contributed by atoms with van der Waals surface area (Å²) in [5, 5.41) is 2.08. The highest BCUT2D eigenvalue weighted by molar-refractivity contribution is 6.31. The van der Waals surface area contributed by atoms with Crippen molar-refractivity contribution >= 4 is 29.2 Å². The van der Waals surface area contributed by atoms with Crippen LogP contribution in [-0.2, 0) is 10.3 Å². The Labute approximate surface area is 185 Å². The van der Waals surface area contributed by atoms with Crippen LogP contribution in [0, 0.1) is 12.7 Å². The van der Waals surface area contributed by atoms with E-state index in [4.69, 9.17) is 22.1 Å². The molecule has 0 radical (unpaired) electrons. The van der Waals surface area contributed by atoms with E-state index in [-0.39, 0.29) is 45.7 Å². The quantitative estimate of drug-likeness (QED) is 0.607. The fraction of sp³-hybridized carbons (Fsp3) is 0.350. The van der Waals surface area contributed by atoms with Gasteiger partial charge in [0.1, 0.15) is 35.6 Å². The zero-order chi connectivity index (χ0) is 23.6. The molecule has 0 unspecified atom stereocenters. The van der Waals surface area contributed by atoms with Gasteiger partial charge in [0.15, 0.2) is 0 Å². The smallest absolute Gasteiger partial charge is 0.387 e. The van der Waals surface area contributed by atoms with Gasteiger partial charge < -0.3 is 20.5 Å². The van der Waals surface area contributed by atoms with Gasteiger partial charge in [0.25, 0.3) is 11.9 Å². The van der Waals surface area contributed by atoms with Crippen LogP contribution in [0.4, 0.5) is 23.2 Å². The number of nitrogens with two attached hydrogens (primary N) is 1. The number of nitrogens with zero attached hydrogens (tertiary/aromatic N) is 2. The molecule has 0 saturated carbocycles. The van der Waals surface area contributed by atoms with Crippen molar-refractivity contribution in [1.82, 2.24) is 4.98 Å².